The van der Waals surface area contributed by atoms with Gasteiger partial charge in [-0.25, -0.2) is 4.68 Å². The molecule has 0 unspecified atom stereocenters. The van der Waals surface area contributed by atoms with E-state index in [1.165, 1.54) is 10.9 Å². The number of nitrogens with zero attached hydrogens (tertiary/aromatic N) is 3. The van der Waals surface area contributed by atoms with Crippen LogP contribution in [0.25, 0.3) is 0 Å². The van der Waals surface area contributed by atoms with E-state index in [0.717, 1.165) is 31.5 Å². The molecule has 2 aliphatic rings. The Morgan fingerprint density at radius 2 is 2.23 bits per heavy atom. The number of aliphatic hydroxyl groups is 1. The molecule has 0 aliphatic carbocycles. The fourth-order valence-corrected chi connectivity index (χ4v) is 3.85. The molecule has 0 spiro atoms. The van der Waals surface area contributed by atoms with Crippen molar-refractivity contribution in [2.24, 2.45) is 0 Å². The van der Waals surface area contributed by atoms with Crippen LogP contribution in [0.4, 0.5) is 0 Å². The molecule has 5 N–H and O–H groups in total. The van der Waals surface area contributed by atoms with Gasteiger partial charge in [-0.3, -0.25) is 9.59 Å². The number of nitrogens with one attached hydrogen (secondary N) is 3. The molecule has 3 heterocycles. The first-order valence-corrected chi connectivity index (χ1v) is 10.3. The zero-order valence-electron chi connectivity index (χ0n) is 17.0. The van der Waals surface area contributed by atoms with Crippen molar-refractivity contribution in [3.63, 3.8) is 0 Å². The highest BCUT2D eigenvalue weighted by Crippen LogP contribution is 2.30. The molecule has 1 saturated heterocycles. The van der Waals surface area contributed by atoms with E-state index in [9.17, 15) is 19.7 Å². The normalized spacial score (nSPS) is 20.5. The highest BCUT2D eigenvalue weighted by atomic mass is 16.5. The maximum Gasteiger partial charge on any atom is 0.547 e. The number of fused-ring (bicyclic) bond motifs is 1. The molecule has 2 aromatic rings. The minimum atomic E-state index is -1.25. The zero-order valence-corrected chi connectivity index (χ0v) is 17.0. The van der Waals surface area contributed by atoms with Gasteiger partial charge in [0, 0.05) is 18.2 Å². The van der Waals surface area contributed by atoms with Crippen LogP contribution < -0.4 is 20.6 Å². The smallest absolute Gasteiger partial charge is 0.534 e. The Morgan fingerprint density at radius 3 is 3.00 bits per heavy atom. The molecular formula is C19H25BN6O5. The van der Waals surface area contributed by atoms with E-state index in [0.29, 0.717) is 17.7 Å². The lowest BCUT2D eigenvalue weighted by atomic mass is 9.72. The first-order valence-electron chi connectivity index (χ1n) is 10.3. The van der Waals surface area contributed by atoms with E-state index >= 15 is 0 Å². The summed E-state index contributed by atoms with van der Waals surface area (Å²) in [5.74, 6) is -0.933. The van der Waals surface area contributed by atoms with Crippen LogP contribution in [0, 0.1) is 0 Å². The summed E-state index contributed by atoms with van der Waals surface area (Å²) in [6.07, 6.45) is 3.68. The zero-order chi connectivity index (χ0) is 21.8. The summed E-state index contributed by atoms with van der Waals surface area (Å²) in [7, 11) is -1.25. The van der Waals surface area contributed by atoms with Gasteiger partial charge in [0.1, 0.15) is 12.3 Å². The van der Waals surface area contributed by atoms with Crippen molar-refractivity contribution in [3.05, 3.63) is 41.2 Å². The van der Waals surface area contributed by atoms with E-state index in [-0.39, 0.29) is 30.8 Å². The van der Waals surface area contributed by atoms with E-state index in [1.54, 1.807) is 12.1 Å². The van der Waals surface area contributed by atoms with Crippen molar-refractivity contribution in [2.75, 3.05) is 13.1 Å². The van der Waals surface area contributed by atoms with Gasteiger partial charge in [0.2, 0.25) is 5.91 Å². The summed E-state index contributed by atoms with van der Waals surface area (Å²) in [5, 5.41) is 36.2. The second-order valence-corrected chi connectivity index (χ2v) is 7.77. The molecule has 2 amide bonds. The van der Waals surface area contributed by atoms with Gasteiger partial charge in [0.25, 0.3) is 5.91 Å². The third kappa shape index (κ3) is 5.03. The van der Waals surface area contributed by atoms with Crippen LogP contribution in [0.3, 0.4) is 0 Å². The number of carbonyl (C=O) groups is 2. The number of benzene rings is 1. The number of aromatic nitrogens is 3. The van der Waals surface area contributed by atoms with Crippen molar-refractivity contribution >= 4 is 18.9 Å². The summed E-state index contributed by atoms with van der Waals surface area (Å²) in [6, 6.07) is 5.38. The van der Waals surface area contributed by atoms with E-state index in [1.807, 2.05) is 6.07 Å². The molecule has 11 nitrogen and oxygen atoms in total. The molecule has 164 valence electrons. The highest BCUT2D eigenvalue weighted by molar-refractivity contribution is 6.46. The Kier molecular flexibility index (Phi) is 6.49. The van der Waals surface area contributed by atoms with Crippen LogP contribution in [-0.4, -0.2) is 69.1 Å². The van der Waals surface area contributed by atoms with Crippen LogP contribution in [0.2, 0.25) is 0 Å². The van der Waals surface area contributed by atoms with Crippen LogP contribution in [-0.2, 0) is 24.4 Å². The number of rotatable bonds is 6. The summed E-state index contributed by atoms with van der Waals surface area (Å²) in [6.45, 7) is 1.31. The van der Waals surface area contributed by atoms with Gasteiger partial charge in [0.05, 0.1) is 18.7 Å². The fraction of sp³-hybridized carbons (Fsp3) is 0.474. The average Bonchev–Trinajstić information content (AvgIpc) is 3.23. The Balaban J connectivity index is 1.32. The number of aliphatic hydroxyl groups excluding tert-OH is 1. The molecule has 1 aromatic carbocycles. The lowest BCUT2D eigenvalue weighted by molar-refractivity contribution is -0.122. The Labute approximate surface area is 179 Å². The minimum absolute atomic E-state index is 0.0525. The number of hydrogen-bond donors (Lipinski definition) is 5. The Bertz CT molecular complexity index is 948. The molecule has 0 bridgehead atoms. The monoisotopic (exact) mass is 428 g/mol. The molecule has 31 heavy (non-hydrogen) atoms. The Morgan fingerprint density at radius 1 is 1.35 bits per heavy atom. The predicted octanol–water partition coefficient (Wildman–Crippen LogP) is -1.61. The van der Waals surface area contributed by atoms with Crippen LogP contribution in [0.1, 0.15) is 34.5 Å². The maximum atomic E-state index is 12.4. The average molecular weight is 428 g/mol. The van der Waals surface area contributed by atoms with Crippen LogP contribution in [0.15, 0.2) is 24.4 Å². The third-order valence-electron chi connectivity index (χ3n) is 5.43. The first-order chi connectivity index (χ1) is 15.0. The molecular weight excluding hydrogens is 403 g/mol. The van der Waals surface area contributed by atoms with E-state index in [4.69, 9.17) is 4.65 Å². The fourth-order valence-electron chi connectivity index (χ4n) is 3.85. The number of piperidine rings is 1. The van der Waals surface area contributed by atoms with Crippen molar-refractivity contribution in [1.29, 1.82) is 0 Å². The molecule has 2 atom stereocenters. The minimum Gasteiger partial charge on any atom is -0.534 e. The largest absolute Gasteiger partial charge is 0.547 e. The van der Waals surface area contributed by atoms with Gasteiger partial charge >= 0.3 is 7.12 Å². The van der Waals surface area contributed by atoms with Crippen LogP contribution >= 0.6 is 0 Å². The number of para-hydroxylation sites is 1. The van der Waals surface area contributed by atoms with Gasteiger partial charge in [0.15, 0.2) is 5.69 Å². The molecule has 2 aliphatic heterocycles. The van der Waals surface area contributed by atoms with Gasteiger partial charge in [-0.15, -0.1) is 5.10 Å². The van der Waals surface area contributed by atoms with Gasteiger partial charge < -0.3 is 30.7 Å². The van der Waals surface area contributed by atoms with Gasteiger partial charge in [-0.1, -0.05) is 23.4 Å². The van der Waals surface area contributed by atoms with Gasteiger partial charge in [-0.2, -0.15) is 0 Å². The quantitative estimate of drug-likeness (QED) is 0.345. The molecule has 12 heteroatoms. The highest BCUT2D eigenvalue weighted by Gasteiger charge is 2.36. The molecule has 1 aromatic heterocycles. The standard InChI is InChI=1S/C19H25BN6O5/c27-11-13-4-1-3-12-7-16(20(30)31-18(12)13)23-17(28)10-26-9-15(24-25-26)19(29)22-14-5-2-6-21-8-14/h1,3-4,9,14,16,21,27,30H,2,5-8,10-11H2,(H,22,29)(H,23,28)/t14-,16-/m0/s1. The summed E-state index contributed by atoms with van der Waals surface area (Å²) in [5.41, 5.74) is 1.52. The SMILES string of the molecule is O=C(Cn1cc(C(=O)N[C@H]2CCCNC2)nn1)N[C@H]1Cc2cccc(CO)c2OB1O. The lowest BCUT2D eigenvalue weighted by Gasteiger charge is -2.29. The second kappa shape index (κ2) is 9.46. The topological polar surface area (TPSA) is 151 Å². The number of carbonyl (C=O) groups excluding carboxylic acids is 2. The number of amides is 2. The lowest BCUT2D eigenvalue weighted by Crippen LogP contribution is -2.53. The summed E-state index contributed by atoms with van der Waals surface area (Å²) in [4.78, 5) is 24.8. The molecule has 0 radical (unpaired) electrons. The van der Waals surface area contributed by atoms with Crippen molar-refractivity contribution in [2.45, 2.75) is 44.4 Å². The Hall–Kier alpha value is -2.96. The third-order valence-corrected chi connectivity index (χ3v) is 5.43. The van der Waals surface area contributed by atoms with Crippen molar-refractivity contribution < 1.29 is 24.4 Å². The number of hydrogen-bond acceptors (Lipinski definition) is 8. The maximum absolute atomic E-state index is 12.4. The van der Waals surface area contributed by atoms with Crippen LogP contribution in [0.5, 0.6) is 5.75 Å². The molecule has 1 fully saturated rings. The van der Waals surface area contributed by atoms with E-state index < -0.39 is 19.0 Å². The molecule has 0 saturated carbocycles. The summed E-state index contributed by atoms with van der Waals surface area (Å²) < 4.78 is 6.79. The predicted molar refractivity (Wildman–Crippen MR) is 110 cm³/mol. The second-order valence-electron chi connectivity index (χ2n) is 7.77. The van der Waals surface area contributed by atoms with Crippen molar-refractivity contribution in [3.8, 4) is 5.75 Å². The summed E-state index contributed by atoms with van der Waals surface area (Å²) >= 11 is 0. The van der Waals surface area contributed by atoms with Gasteiger partial charge in [-0.05, 0) is 31.4 Å². The molecule has 4 rings (SSSR count). The van der Waals surface area contributed by atoms with Crippen molar-refractivity contribution in [1.82, 2.24) is 30.9 Å². The van der Waals surface area contributed by atoms with E-state index in [2.05, 4.69) is 26.3 Å². The first kappa shape index (κ1) is 21.3.